The molecule has 0 fully saturated rings. The Hall–Kier alpha value is -19.8. The second kappa shape index (κ2) is 35.3. The van der Waals surface area contributed by atoms with E-state index in [1.807, 2.05) is 194 Å². The maximum atomic E-state index is 6.99. The van der Waals surface area contributed by atoms with Crippen molar-refractivity contribution in [3.8, 4) is 142 Å². The minimum atomic E-state index is 0.523. The van der Waals surface area contributed by atoms with Gasteiger partial charge in [0.2, 0.25) is 0 Å². The lowest BCUT2D eigenvalue weighted by Crippen LogP contribution is -2.01. The van der Waals surface area contributed by atoms with Crippen molar-refractivity contribution in [2.24, 2.45) is 0 Å². The molecule has 0 atom stereocenters. The van der Waals surface area contributed by atoms with Crippen LogP contribution in [0.4, 0.5) is 0 Å². The zero-order valence-electron chi connectivity index (χ0n) is 77.1. The van der Waals surface area contributed by atoms with Crippen LogP contribution in [-0.4, -0.2) is 63.5 Å². The molecule has 0 N–H and O–H groups in total. The lowest BCUT2D eigenvalue weighted by molar-refractivity contribution is 0.672. The third-order valence-corrected chi connectivity index (χ3v) is 27.0. The van der Waals surface area contributed by atoms with Gasteiger partial charge >= 0.3 is 0 Å². The fourth-order valence-corrected chi connectivity index (χ4v) is 20.5. The smallest absolute Gasteiger partial charge is 0.182 e. The first-order valence-corrected chi connectivity index (χ1v) is 47.9. The molecule has 0 saturated carbocycles. The first kappa shape index (κ1) is 83.5. The lowest BCUT2D eigenvalue weighted by atomic mass is 9.96. The number of aromatic nitrogens is 13. The summed E-state index contributed by atoms with van der Waals surface area (Å²) in [7, 11) is 0. The molecule has 0 aliphatic heterocycles. The van der Waals surface area contributed by atoms with E-state index < -0.39 is 0 Å². The van der Waals surface area contributed by atoms with Gasteiger partial charge in [-0.3, -0.25) is 4.98 Å². The van der Waals surface area contributed by atoms with Gasteiger partial charge < -0.3 is 27.0 Å². The van der Waals surface area contributed by atoms with E-state index in [2.05, 4.69) is 298 Å². The molecule has 0 bridgehead atoms. The molecule has 10 heterocycles. The standard InChI is InChI=1S/2C45H28N4O.C38H23N5O/c1-5-15-29(16-6-1)36-27-32(45-47-43(30-17-7-2-8-18-30)46-44(48-45)31-19-9-3-10-20-31)28-39-40(36)35-25-26-38-41(42(35)50-39)34-23-13-14-24-37(34)49(38)33-21-11-4-12-22-33;1-5-15-29(16-6-1)35-27-36-33-25-26-39-41(34-23-13-14-24-38(34)49(39)32-21-11-4-12-22-32)42(33)50-40(36)28-37(35)45-47-43(30-17-7-2-8-18-30)46-44(48-45)31-19-9-3-10-20-31;1-3-11-24(12-4-1)36-40-37(42-38(41-36)30-16-9-10-22-39-30)25-18-19-27-28-20-21-32-34(35(28)44-33(27)23-25)29-15-7-8-17-31(29)43(32)26-13-5-2-6-14-26/h2*1-28H;1-23H. The number of hydrogen-bond donors (Lipinski definition) is 0. The Bertz CT molecular complexity index is 9810. The predicted octanol–water partition coefficient (Wildman–Crippen LogP) is 32.3. The van der Waals surface area contributed by atoms with Crippen molar-refractivity contribution in [2.75, 3.05) is 0 Å². The Kier molecular flexibility index (Phi) is 20.5. The Morgan fingerprint density at radius 1 is 0.160 bits per heavy atom. The first-order valence-electron chi connectivity index (χ1n) is 47.9. The van der Waals surface area contributed by atoms with Gasteiger partial charge in [-0.15, -0.1) is 0 Å². The minimum absolute atomic E-state index is 0.523. The Balaban J connectivity index is 0.000000108. The zero-order chi connectivity index (χ0) is 95.1. The van der Waals surface area contributed by atoms with Crippen molar-refractivity contribution in [2.45, 2.75) is 0 Å². The molecule has 0 saturated heterocycles. The van der Waals surface area contributed by atoms with Gasteiger partial charge in [0, 0.05) is 116 Å². The summed E-state index contributed by atoms with van der Waals surface area (Å²) in [5.74, 6) is 5.33. The van der Waals surface area contributed by atoms with E-state index in [1.54, 1.807) is 6.20 Å². The van der Waals surface area contributed by atoms with Crippen molar-refractivity contribution in [3.63, 3.8) is 0 Å². The van der Waals surface area contributed by atoms with Crippen LogP contribution in [0.5, 0.6) is 0 Å². The summed E-state index contributed by atoms with van der Waals surface area (Å²) in [4.78, 5) is 49.2. The number of rotatable bonds is 14. The van der Waals surface area contributed by atoms with Crippen LogP contribution >= 0.6 is 0 Å². The first-order chi connectivity index (χ1) is 71.4. The van der Waals surface area contributed by atoms with Gasteiger partial charge in [0.25, 0.3) is 0 Å². The number of nitrogens with zero attached hydrogens (tertiary/aromatic N) is 13. The monoisotopic (exact) mass is 1850 g/mol. The number of furan rings is 3. The summed E-state index contributed by atoms with van der Waals surface area (Å²) in [6.45, 7) is 0. The van der Waals surface area contributed by atoms with Crippen LogP contribution in [0, 0.1) is 0 Å². The van der Waals surface area contributed by atoms with E-state index in [-0.39, 0.29) is 0 Å². The van der Waals surface area contributed by atoms with Crippen LogP contribution in [0.3, 0.4) is 0 Å². The normalized spacial score (nSPS) is 11.6. The third-order valence-electron chi connectivity index (χ3n) is 27.0. The molecule has 19 aromatic carbocycles. The van der Waals surface area contributed by atoms with E-state index in [0.29, 0.717) is 58.1 Å². The minimum Gasteiger partial charge on any atom is -0.455 e. The molecular weight excluding hydrogens is 1770 g/mol. The topological polar surface area (TPSA) is 183 Å². The van der Waals surface area contributed by atoms with E-state index in [4.69, 9.17) is 58.1 Å². The molecular formula is C128H79N13O3. The van der Waals surface area contributed by atoms with E-state index >= 15 is 0 Å². The molecule has 0 aliphatic rings. The Morgan fingerprint density at radius 3 is 0.875 bits per heavy atom. The van der Waals surface area contributed by atoms with Crippen molar-refractivity contribution in [1.29, 1.82) is 0 Å². The summed E-state index contributed by atoms with van der Waals surface area (Å²) >= 11 is 0. The molecule has 29 aromatic rings. The average molecular weight is 1850 g/mol. The predicted molar refractivity (Wildman–Crippen MR) is 582 cm³/mol. The van der Waals surface area contributed by atoms with Gasteiger partial charge in [-0.1, -0.05) is 334 Å². The van der Waals surface area contributed by atoms with Crippen LogP contribution in [0.1, 0.15) is 0 Å². The van der Waals surface area contributed by atoms with Crippen LogP contribution in [0.25, 0.3) is 273 Å². The highest BCUT2D eigenvalue weighted by Crippen LogP contribution is 2.49. The van der Waals surface area contributed by atoms with E-state index in [0.717, 1.165) is 215 Å². The molecule has 674 valence electrons. The van der Waals surface area contributed by atoms with Gasteiger partial charge in [-0.2, -0.15) is 0 Å². The molecule has 0 amide bonds. The molecule has 144 heavy (non-hydrogen) atoms. The molecule has 0 spiro atoms. The molecule has 16 heteroatoms. The quantitative estimate of drug-likeness (QED) is 0.100. The third kappa shape index (κ3) is 14.7. The van der Waals surface area contributed by atoms with Crippen LogP contribution in [-0.2, 0) is 0 Å². The highest BCUT2D eigenvalue weighted by Gasteiger charge is 2.28. The summed E-state index contributed by atoms with van der Waals surface area (Å²) in [5, 5.41) is 13.1. The molecule has 0 aliphatic carbocycles. The number of fused-ring (bicyclic) bond motifs is 21. The number of para-hydroxylation sites is 6. The van der Waals surface area contributed by atoms with Crippen LogP contribution < -0.4 is 0 Å². The molecule has 10 aromatic heterocycles. The maximum Gasteiger partial charge on any atom is 0.182 e. The summed E-state index contributed by atoms with van der Waals surface area (Å²) in [5.41, 5.74) is 27.1. The number of hydrogen-bond acceptors (Lipinski definition) is 13. The van der Waals surface area contributed by atoms with Crippen LogP contribution in [0.15, 0.2) is 493 Å². The van der Waals surface area contributed by atoms with E-state index in [1.165, 1.54) is 0 Å². The molecule has 29 rings (SSSR count). The fraction of sp³-hybridized carbons (Fsp3) is 0. The van der Waals surface area contributed by atoms with Gasteiger partial charge in [0.05, 0.1) is 49.3 Å². The van der Waals surface area contributed by atoms with Crippen molar-refractivity contribution >= 4 is 131 Å². The molecule has 0 unspecified atom stereocenters. The fourth-order valence-electron chi connectivity index (χ4n) is 20.5. The second-order valence-electron chi connectivity index (χ2n) is 35.6. The van der Waals surface area contributed by atoms with Crippen molar-refractivity contribution in [3.05, 3.63) is 479 Å². The largest absolute Gasteiger partial charge is 0.455 e. The summed E-state index contributed by atoms with van der Waals surface area (Å²) in [6, 6.07) is 162. The maximum absolute atomic E-state index is 6.99. The summed E-state index contributed by atoms with van der Waals surface area (Å²) in [6.07, 6.45) is 1.75. The Morgan fingerprint density at radius 2 is 0.465 bits per heavy atom. The highest BCUT2D eigenvalue weighted by molar-refractivity contribution is 6.28. The second-order valence-corrected chi connectivity index (χ2v) is 35.6. The number of benzene rings is 19. The van der Waals surface area contributed by atoms with Crippen molar-refractivity contribution < 1.29 is 13.3 Å². The van der Waals surface area contributed by atoms with Crippen LogP contribution in [0.2, 0.25) is 0 Å². The highest BCUT2D eigenvalue weighted by atomic mass is 16.3. The van der Waals surface area contributed by atoms with Gasteiger partial charge in [0.1, 0.15) is 39.2 Å². The van der Waals surface area contributed by atoms with Gasteiger partial charge in [0.15, 0.2) is 52.4 Å². The average Bonchev–Trinajstić information content (AvgIpc) is 1.56. The van der Waals surface area contributed by atoms with E-state index in [9.17, 15) is 0 Å². The molecule has 0 radical (unpaired) electrons. The number of pyridine rings is 1. The zero-order valence-corrected chi connectivity index (χ0v) is 77.1. The lowest BCUT2D eigenvalue weighted by Gasteiger charge is -2.12. The Labute approximate surface area is 823 Å². The van der Waals surface area contributed by atoms with Gasteiger partial charge in [-0.05, 0) is 162 Å². The van der Waals surface area contributed by atoms with Gasteiger partial charge in [-0.25, -0.2) is 44.9 Å². The molecule has 16 nitrogen and oxygen atoms in total. The van der Waals surface area contributed by atoms with Crippen molar-refractivity contribution in [1.82, 2.24) is 63.5 Å². The SMILES string of the molecule is c1ccc(-c2nc(-c3ccc4c(c3)oc3c4ccc4c3c3ccccc3n4-c3ccccc3)nc(-c3ccccn3)n2)cc1.c1ccc(-c2nc(-c3ccccc3)nc(-c3cc(-c4ccccc4)c4c(c3)oc3c4ccc4c3c3ccccc3n4-c3ccccc3)n2)cc1.c1ccc(-c2nc(-c3ccccc3)nc(-c3cc4oc5c(ccc6c5c5ccccc5n6-c5ccccc5)c4cc3-c3ccccc3)n2)cc1. The summed E-state index contributed by atoms with van der Waals surface area (Å²) < 4.78 is 27.6.